The van der Waals surface area contributed by atoms with E-state index in [-0.39, 0.29) is 61.7 Å². The minimum Gasteiger partial charge on any atom is -0.455 e. The molecule has 2 N–H and O–H groups in total. The zero-order chi connectivity index (χ0) is 34.5. The van der Waals surface area contributed by atoms with Gasteiger partial charge in [-0.15, -0.1) is 13.2 Å². The maximum absolute atomic E-state index is 14.5. The van der Waals surface area contributed by atoms with Crippen molar-refractivity contribution >= 4 is 39.6 Å². The van der Waals surface area contributed by atoms with Gasteiger partial charge in [-0.05, 0) is 45.6 Å². The van der Waals surface area contributed by atoms with Crippen molar-refractivity contribution in [3.8, 4) is 0 Å². The third-order valence-corrected chi connectivity index (χ3v) is 10.1. The lowest BCUT2D eigenvalue weighted by Crippen LogP contribution is -2.60. The fourth-order valence-corrected chi connectivity index (χ4v) is 8.20. The molecule has 8 atom stereocenters. The Bertz CT molecular complexity index is 1320. The first-order chi connectivity index (χ1) is 22.4. The summed E-state index contributed by atoms with van der Waals surface area (Å²) in [6, 6.07) is 7.31. The van der Waals surface area contributed by atoms with Gasteiger partial charge in [-0.3, -0.25) is 19.2 Å². The van der Waals surface area contributed by atoms with Crippen LogP contribution in [0.15, 0.2) is 55.6 Å². The number of carbonyl (C=O) groups is 4. The van der Waals surface area contributed by atoms with Crippen LogP contribution in [0.2, 0.25) is 0 Å². The minimum absolute atomic E-state index is 0.0576. The molecular weight excluding hydrogens is 670 g/mol. The Balaban J connectivity index is 1.73. The maximum atomic E-state index is 14.5. The van der Waals surface area contributed by atoms with E-state index in [4.69, 9.17) is 14.2 Å². The highest BCUT2D eigenvalue weighted by Crippen LogP contribution is 2.60. The second-order valence-electron chi connectivity index (χ2n) is 13.4. The highest BCUT2D eigenvalue weighted by Gasteiger charge is 2.77. The molecule has 11 nitrogen and oxygen atoms in total. The molecule has 0 aromatic heterocycles. The zero-order valence-corrected chi connectivity index (χ0v) is 29.3. The van der Waals surface area contributed by atoms with Crippen molar-refractivity contribution in [2.45, 2.75) is 86.7 Å². The van der Waals surface area contributed by atoms with E-state index in [1.165, 1.54) is 12.0 Å². The molecule has 3 saturated heterocycles. The summed E-state index contributed by atoms with van der Waals surface area (Å²) >= 11 is 3.70. The fraction of sp³-hybridized carbons (Fsp3) is 0.600. The number of alkyl halides is 1. The molecule has 3 heterocycles. The van der Waals surface area contributed by atoms with Crippen LogP contribution in [-0.2, 0) is 33.4 Å². The first-order valence-corrected chi connectivity index (χ1v) is 17.1. The number of rotatable bonds is 16. The van der Waals surface area contributed by atoms with Gasteiger partial charge in [-0.1, -0.05) is 58.4 Å². The number of aliphatic hydroxyl groups excluding tert-OH is 1. The summed E-state index contributed by atoms with van der Waals surface area (Å²) in [6.07, 6.45) is 2.91. The summed E-state index contributed by atoms with van der Waals surface area (Å²) in [5.74, 6) is -3.60. The molecule has 1 aromatic rings. The van der Waals surface area contributed by atoms with Crippen molar-refractivity contribution in [2.75, 3.05) is 33.4 Å². The average Bonchev–Trinajstić information content (AvgIpc) is 3.62. The predicted molar refractivity (Wildman–Crippen MR) is 179 cm³/mol. The van der Waals surface area contributed by atoms with Crippen LogP contribution in [0.3, 0.4) is 0 Å². The number of likely N-dealkylation sites (tertiary alicyclic amines) is 1. The molecule has 0 radical (unpaired) electrons. The summed E-state index contributed by atoms with van der Waals surface area (Å²) in [5.41, 5.74) is -1.24. The second-order valence-corrected chi connectivity index (χ2v) is 14.6. The van der Waals surface area contributed by atoms with E-state index in [9.17, 15) is 24.3 Å². The number of amides is 3. The number of halogens is 1. The van der Waals surface area contributed by atoms with Crippen LogP contribution in [0.4, 0.5) is 0 Å². The Morgan fingerprint density at radius 3 is 2.53 bits per heavy atom. The number of esters is 1. The van der Waals surface area contributed by atoms with Crippen molar-refractivity contribution in [1.82, 2.24) is 15.1 Å². The topological polar surface area (TPSA) is 135 Å². The molecule has 0 saturated carbocycles. The van der Waals surface area contributed by atoms with Crippen molar-refractivity contribution in [1.29, 1.82) is 0 Å². The van der Waals surface area contributed by atoms with Gasteiger partial charge in [0.15, 0.2) is 0 Å². The van der Waals surface area contributed by atoms with Gasteiger partial charge in [-0.25, -0.2) is 0 Å². The number of benzene rings is 1. The molecule has 1 unspecified atom stereocenters. The molecule has 4 rings (SSSR count). The maximum Gasteiger partial charge on any atom is 0.313 e. The lowest BCUT2D eigenvalue weighted by Gasteiger charge is -2.42. The van der Waals surface area contributed by atoms with Crippen LogP contribution in [0.1, 0.15) is 58.1 Å². The normalized spacial score (nSPS) is 27.6. The summed E-state index contributed by atoms with van der Waals surface area (Å²) in [5, 5.41) is 12.6. The van der Waals surface area contributed by atoms with E-state index in [0.29, 0.717) is 18.4 Å². The number of methoxy groups -OCH3 is 1. The SMILES string of the molecule is C=CCCC(=O)N[C@@H](COC)[C@@H](OC(=O)[C@H]1[C@@H]2O[C@@]3(CC2Br)[C@@H]1C(=O)N(CCCO)[C@@H]3C(=O)N(CC=C)C(C)(C)C)c1ccccc1. The van der Waals surface area contributed by atoms with Crippen LogP contribution in [0, 0.1) is 11.8 Å². The van der Waals surface area contributed by atoms with Crippen LogP contribution in [0.25, 0.3) is 0 Å². The van der Waals surface area contributed by atoms with Crippen molar-refractivity contribution in [3.05, 3.63) is 61.2 Å². The molecule has 3 aliphatic heterocycles. The van der Waals surface area contributed by atoms with Crippen LogP contribution in [-0.4, -0.2) is 106 Å². The second kappa shape index (κ2) is 15.4. The number of hydrogen-bond donors (Lipinski definition) is 2. The number of carbonyl (C=O) groups excluding carboxylic acids is 4. The highest BCUT2D eigenvalue weighted by molar-refractivity contribution is 9.09. The molecule has 3 amide bonds. The number of allylic oxidation sites excluding steroid dienone is 1. The summed E-state index contributed by atoms with van der Waals surface area (Å²) in [4.78, 5) is 58.8. The number of aliphatic hydroxyl groups is 1. The predicted octanol–water partition coefficient (Wildman–Crippen LogP) is 3.31. The largest absolute Gasteiger partial charge is 0.455 e. The van der Waals surface area contributed by atoms with Crippen molar-refractivity contribution < 1.29 is 38.5 Å². The first-order valence-electron chi connectivity index (χ1n) is 16.2. The molecule has 1 spiro atoms. The Kier molecular flexibility index (Phi) is 12.1. The van der Waals surface area contributed by atoms with E-state index in [1.807, 2.05) is 39.0 Å². The van der Waals surface area contributed by atoms with E-state index < -0.39 is 53.2 Å². The van der Waals surface area contributed by atoms with Crippen LogP contribution in [0.5, 0.6) is 0 Å². The standard InChI is InChI=1S/C35H48BrN3O8/c1-7-9-16-25(41)37-24(21-45-6)28(22-14-11-10-12-15-22)46-33(44)26-27-31(42)38(18-13-19-40)30(35(27)20-23(36)29(26)47-35)32(43)39(17-8-2)34(3,4)5/h7-8,10-12,14-15,23-24,26-30,40H,1-2,9,13,16-21H2,3-6H3,(H,37,41)/t23?,24-,26+,27-,28-,29+,30+,35-/m0/s1. The molecule has 258 valence electrons. The van der Waals surface area contributed by atoms with Gasteiger partial charge < -0.3 is 34.4 Å². The first kappa shape index (κ1) is 36.8. The van der Waals surface area contributed by atoms with Crippen LogP contribution < -0.4 is 5.32 Å². The Labute approximate surface area is 285 Å². The smallest absolute Gasteiger partial charge is 0.313 e. The molecule has 3 aliphatic rings. The quantitative estimate of drug-likeness (QED) is 0.151. The van der Waals surface area contributed by atoms with Gasteiger partial charge in [0.25, 0.3) is 0 Å². The summed E-state index contributed by atoms with van der Waals surface area (Å²) in [7, 11) is 1.50. The summed E-state index contributed by atoms with van der Waals surface area (Å²) in [6.45, 7) is 13.5. The number of ether oxygens (including phenoxy) is 3. The number of hydrogen-bond acceptors (Lipinski definition) is 8. The number of fused-ring (bicyclic) bond motifs is 1. The van der Waals surface area contributed by atoms with E-state index in [1.54, 1.807) is 29.2 Å². The van der Waals surface area contributed by atoms with E-state index in [2.05, 4.69) is 34.4 Å². The van der Waals surface area contributed by atoms with Gasteiger partial charge >= 0.3 is 5.97 Å². The number of nitrogens with one attached hydrogen (secondary N) is 1. The lowest BCUT2D eigenvalue weighted by atomic mass is 9.70. The molecule has 0 aliphatic carbocycles. The monoisotopic (exact) mass is 717 g/mol. The molecule has 1 aromatic carbocycles. The van der Waals surface area contributed by atoms with Crippen molar-refractivity contribution in [3.63, 3.8) is 0 Å². The fourth-order valence-electron chi connectivity index (χ4n) is 7.26. The third kappa shape index (κ3) is 7.35. The molecule has 47 heavy (non-hydrogen) atoms. The van der Waals surface area contributed by atoms with Gasteiger partial charge in [0.05, 0.1) is 30.6 Å². The van der Waals surface area contributed by atoms with Crippen LogP contribution >= 0.6 is 15.9 Å². The van der Waals surface area contributed by atoms with Gasteiger partial charge in [0.1, 0.15) is 17.7 Å². The van der Waals surface area contributed by atoms with E-state index in [0.717, 1.165) is 0 Å². The average molecular weight is 719 g/mol. The van der Waals surface area contributed by atoms with Gasteiger partial charge in [0.2, 0.25) is 17.7 Å². The number of nitrogens with zero attached hydrogens (tertiary/aromatic N) is 2. The van der Waals surface area contributed by atoms with E-state index >= 15 is 0 Å². The Morgan fingerprint density at radius 1 is 1.23 bits per heavy atom. The minimum atomic E-state index is -1.29. The Hall–Kier alpha value is -3.06. The molecular formula is C35H48BrN3O8. The van der Waals surface area contributed by atoms with Gasteiger partial charge in [0, 0.05) is 43.6 Å². The van der Waals surface area contributed by atoms with Gasteiger partial charge in [-0.2, -0.15) is 0 Å². The van der Waals surface area contributed by atoms with Crippen molar-refractivity contribution in [2.24, 2.45) is 11.8 Å². The highest BCUT2D eigenvalue weighted by atomic mass is 79.9. The Morgan fingerprint density at radius 2 is 1.94 bits per heavy atom. The molecule has 12 heteroatoms. The third-order valence-electron chi connectivity index (χ3n) is 9.24. The lowest BCUT2D eigenvalue weighted by molar-refractivity contribution is -0.163. The molecule has 3 fully saturated rings. The zero-order valence-electron chi connectivity index (χ0n) is 27.7. The summed E-state index contributed by atoms with van der Waals surface area (Å²) < 4.78 is 18.4. The molecule has 2 bridgehead atoms.